The summed E-state index contributed by atoms with van der Waals surface area (Å²) < 4.78 is 5.43. The monoisotopic (exact) mass is 139 g/mol. The lowest BCUT2D eigenvalue weighted by atomic mass is 10.2. The van der Waals surface area contributed by atoms with Crippen molar-refractivity contribution in [3.8, 4) is 5.75 Å². The third-order valence-electron chi connectivity index (χ3n) is 1.52. The van der Waals surface area contributed by atoms with Crippen molar-refractivity contribution in [1.29, 1.82) is 0 Å². The summed E-state index contributed by atoms with van der Waals surface area (Å²) in [6.45, 7) is 1.90. The van der Waals surface area contributed by atoms with Crippen LogP contribution in [0.15, 0.2) is 12.4 Å². The zero-order chi connectivity index (χ0) is 6.81. The number of hydrogen-bond donors (Lipinski definition) is 2. The molecule has 1 aromatic heterocycles. The molecule has 0 radical (unpaired) electrons. The van der Waals surface area contributed by atoms with Crippen LogP contribution in [-0.2, 0) is 0 Å². The van der Waals surface area contributed by atoms with Crippen LogP contribution in [-0.4, -0.2) is 29.4 Å². The minimum absolute atomic E-state index is 0.345. The molecule has 10 heavy (non-hydrogen) atoms. The molecule has 4 heteroatoms. The van der Waals surface area contributed by atoms with Crippen molar-refractivity contribution in [2.45, 2.75) is 6.10 Å². The Morgan fingerprint density at radius 3 is 3.00 bits per heavy atom. The van der Waals surface area contributed by atoms with Gasteiger partial charge in [0.25, 0.3) is 0 Å². The third-order valence-corrected chi connectivity index (χ3v) is 1.52. The highest BCUT2D eigenvalue weighted by Crippen LogP contribution is 2.09. The summed E-state index contributed by atoms with van der Waals surface area (Å²) in [5.41, 5.74) is 0. The molecule has 0 unspecified atom stereocenters. The number of H-pyrrole nitrogens is 1. The number of hydrogen-bond acceptors (Lipinski definition) is 3. The molecule has 2 heterocycles. The Bertz CT molecular complexity index is 193. The van der Waals surface area contributed by atoms with Gasteiger partial charge in [0.1, 0.15) is 6.10 Å². The van der Waals surface area contributed by atoms with Gasteiger partial charge < -0.3 is 10.1 Å². The van der Waals surface area contributed by atoms with Crippen molar-refractivity contribution >= 4 is 0 Å². The SMILES string of the molecule is c1n[nH]cc1OC1CNC1. The van der Waals surface area contributed by atoms with E-state index in [1.807, 2.05) is 0 Å². The maximum absolute atomic E-state index is 5.43. The van der Waals surface area contributed by atoms with E-state index >= 15 is 0 Å². The Balaban J connectivity index is 1.90. The fourth-order valence-corrected chi connectivity index (χ4v) is 0.841. The van der Waals surface area contributed by atoms with Gasteiger partial charge in [-0.05, 0) is 0 Å². The van der Waals surface area contributed by atoms with Crippen molar-refractivity contribution in [3.63, 3.8) is 0 Å². The van der Waals surface area contributed by atoms with Crippen LogP contribution in [0.4, 0.5) is 0 Å². The predicted molar refractivity (Wildman–Crippen MR) is 35.9 cm³/mol. The molecular weight excluding hydrogens is 130 g/mol. The van der Waals surface area contributed by atoms with Crippen LogP contribution in [0.1, 0.15) is 0 Å². The molecule has 0 atom stereocenters. The minimum Gasteiger partial charge on any atom is -0.484 e. The topological polar surface area (TPSA) is 49.9 Å². The summed E-state index contributed by atoms with van der Waals surface area (Å²) >= 11 is 0. The standard InChI is InChI=1S/C6H9N3O/c1-5(2-7-1)10-6-3-8-9-4-6/h3-5,7H,1-2H2,(H,8,9). The average molecular weight is 139 g/mol. The number of nitrogens with zero attached hydrogens (tertiary/aromatic N) is 1. The summed E-state index contributed by atoms with van der Waals surface area (Å²) in [5, 5.41) is 9.57. The van der Waals surface area contributed by atoms with Gasteiger partial charge in [-0.2, -0.15) is 5.10 Å². The molecule has 0 spiro atoms. The molecular formula is C6H9N3O. The molecule has 54 valence electrons. The van der Waals surface area contributed by atoms with Crippen molar-refractivity contribution in [2.75, 3.05) is 13.1 Å². The number of aromatic amines is 1. The Kier molecular flexibility index (Phi) is 1.32. The molecule has 0 saturated carbocycles. The smallest absolute Gasteiger partial charge is 0.157 e. The maximum Gasteiger partial charge on any atom is 0.157 e. The van der Waals surface area contributed by atoms with Crippen LogP contribution in [0.25, 0.3) is 0 Å². The first-order chi connectivity index (χ1) is 4.95. The van der Waals surface area contributed by atoms with Crippen LogP contribution in [0.5, 0.6) is 5.75 Å². The zero-order valence-electron chi connectivity index (χ0n) is 5.50. The fraction of sp³-hybridized carbons (Fsp3) is 0.500. The van der Waals surface area contributed by atoms with E-state index in [2.05, 4.69) is 15.5 Å². The second-order valence-corrected chi connectivity index (χ2v) is 2.33. The number of ether oxygens (including phenoxy) is 1. The Morgan fingerprint density at radius 1 is 1.60 bits per heavy atom. The first kappa shape index (κ1) is 5.73. The lowest BCUT2D eigenvalue weighted by Gasteiger charge is -2.26. The highest BCUT2D eigenvalue weighted by molar-refractivity contribution is 5.11. The van der Waals surface area contributed by atoms with E-state index in [0.717, 1.165) is 18.8 Å². The second kappa shape index (κ2) is 2.30. The van der Waals surface area contributed by atoms with E-state index in [-0.39, 0.29) is 0 Å². The molecule has 1 aromatic rings. The van der Waals surface area contributed by atoms with E-state index in [9.17, 15) is 0 Å². The van der Waals surface area contributed by atoms with Gasteiger partial charge in [-0.3, -0.25) is 5.10 Å². The highest BCUT2D eigenvalue weighted by Gasteiger charge is 2.18. The van der Waals surface area contributed by atoms with Crippen molar-refractivity contribution in [1.82, 2.24) is 15.5 Å². The molecule has 2 N–H and O–H groups in total. The van der Waals surface area contributed by atoms with E-state index in [1.165, 1.54) is 0 Å². The van der Waals surface area contributed by atoms with Gasteiger partial charge in [-0.25, -0.2) is 0 Å². The summed E-state index contributed by atoms with van der Waals surface area (Å²) in [4.78, 5) is 0. The lowest BCUT2D eigenvalue weighted by Crippen LogP contribution is -2.50. The molecule has 1 fully saturated rings. The van der Waals surface area contributed by atoms with Gasteiger partial charge in [0.2, 0.25) is 0 Å². The molecule has 4 nitrogen and oxygen atoms in total. The Morgan fingerprint density at radius 2 is 2.50 bits per heavy atom. The van der Waals surface area contributed by atoms with E-state index in [1.54, 1.807) is 12.4 Å². The molecule has 1 aliphatic rings. The average Bonchev–Trinajstić information content (AvgIpc) is 2.29. The van der Waals surface area contributed by atoms with Crippen LogP contribution < -0.4 is 10.1 Å². The number of nitrogens with one attached hydrogen (secondary N) is 2. The van der Waals surface area contributed by atoms with Crippen LogP contribution in [0, 0.1) is 0 Å². The van der Waals surface area contributed by atoms with Gasteiger partial charge in [0, 0.05) is 13.1 Å². The molecule has 0 aliphatic carbocycles. The zero-order valence-corrected chi connectivity index (χ0v) is 5.50. The summed E-state index contributed by atoms with van der Waals surface area (Å²) in [7, 11) is 0. The van der Waals surface area contributed by atoms with Crippen molar-refractivity contribution in [2.24, 2.45) is 0 Å². The van der Waals surface area contributed by atoms with E-state index < -0.39 is 0 Å². The second-order valence-electron chi connectivity index (χ2n) is 2.33. The first-order valence-corrected chi connectivity index (χ1v) is 3.31. The molecule has 0 aromatic carbocycles. The van der Waals surface area contributed by atoms with Crippen LogP contribution in [0.2, 0.25) is 0 Å². The fourth-order valence-electron chi connectivity index (χ4n) is 0.841. The van der Waals surface area contributed by atoms with Gasteiger partial charge in [0.05, 0.1) is 12.4 Å². The van der Waals surface area contributed by atoms with Crippen LogP contribution in [0.3, 0.4) is 0 Å². The Hall–Kier alpha value is -1.03. The largest absolute Gasteiger partial charge is 0.484 e. The first-order valence-electron chi connectivity index (χ1n) is 3.31. The highest BCUT2D eigenvalue weighted by atomic mass is 16.5. The summed E-state index contributed by atoms with van der Waals surface area (Å²) in [6.07, 6.45) is 3.77. The molecule has 0 amide bonds. The molecule has 2 rings (SSSR count). The van der Waals surface area contributed by atoms with Gasteiger partial charge in [-0.15, -0.1) is 0 Å². The molecule has 0 bridgehead atoms. The van der Waals surface area contributed by atoms with Crippen LogP contribution >= 0.6 is 0 Å². The normalized spacial score (nSPS) is 18.4. The quantitative estimate of drug-likeness (QED) is 0.594. The Labute approximate surface area is 58.6 Å². The van der Waals surface area contributed by atoms with E-state index in [0.29, 0.717) is 6.10 Å². The van der Waals surface area contributed by atoms with Gasteiger partial charge in [0.15, 0.2) is 5.75 Å². The van der Waals surface area contributed by atoms with E-state index in [4.69, 9.17) is 4.74 Å². The number of aromatic nitrogens is 2. The third kappa shape index (κ3) is 0.974. The minimum atomic E-state index is 0.345. The predicted octanol–water partition coefficient (Wildman–Crippen LogP) is -0.240. The number of rotatable bonds is 2. The molecule has 1 aliphatic heterocycles. The van der Waals surface area contributed by atoms with Gasteiger partial charge >= 0.3 is 0 Å². The lowest BCUT2D eigenvalue weighted by molar-refractivity contribution is 0.142. The van der Waals surface area contributed by atoms with Gasteiger partial charge in [-0.1, -0.05) is 0 Å². The van der Waals surface area contributed by atoms with Crippen molar-refractivity contribution in [3.05, 3.63) is 12.4 Å². The summed E-state index contributed by atoms with van der Waals surface area (Å²) in [5.74, 6) is 0.825. The summed E-state index contributed by atoms with van der Waals surface area (Å²) in [6, 6.07) is 0. The maximum atomic E-state index is 5.43. The van der Waals surface area contributed by atoms with Crippen molar-refractivity contribution < 1.29 is 4.74 Å². The molecule has 1 saturated heterocycles.